The monoisotopic (exact) mass is 306 g/mol. The summed E-state index contributed by atoms with van der Waals surface area (Å²) in [5.41, 5.74) is -1.76. The molecule has 2 fully saturated rings. The first kappa shape index (κ1) is 13.7. The lowest BCUT2D eigenvalue weighted by Gasteiger charge is -2.35. The molecule has 22 heavy (non-hydrogen) atoms. The van der Waals surface area contributed by atoms with Crippen LogP contribution in [0.3, 0.4) is 0 Å². The van der Waals surface area contributed by atoms with E-state index in [0.29, 0.717) is 31.9 Å². The van der Waals surface area contributed by atoms with E-state index in [1.807, 2.05) is 4.90 Å². The third kappa shape index (κ3) is 2.01. The Kier molecular flexibility index (Phi) is 2.81. The Bertz CT molecular complexity index is 763. The number of nitrogens with zero attached hydrogens (tertiary/aromatic N) is 4. The Labute approximate surface area is 126 Å². The van der Waals surface area contributed by atoms with Gasteiger partial charge in [-0.2, -0.15) is 5.10 Å². The van der Waals surface area contributed by atoms with E-state index >= 15 is 0 Å². The van der Waals surface area contributed by atoms with Crippen molar-refractivity contribution >= 4 is 5.91 Å². The number of aryl methyl sites for hydroxylation is 1. The summed E-state index contributed by atoms with van der Waals surface area (Å²) in [4.78, 5) is 38.0. The number of ether oxygens (including phenoxy) is 1. The van der Waals surface area contributed by atoms with Crippen molar-refractivity contribution in [2.45, 2.75) is 38.0 Å². The van der Waals surface area contributed by atoms with Gasteiger partial charge in [-0.25, -0.2) is 4.68 Å². The van der Waals surface area contributed by atoms with E-state index in [1.165, 1.54) is 11.6 Å². The number of carbonyl (C=O) groups is 1. The molecule has 1 atom stereocenters. The SMILES string of the molecule is Cn1nc2n(c(=O)c1=O)C[C@]1(CCN(C(=O)C3CC3)C1)OC2. The highest BCUT2D eigenvalue weighted by Crippen LogP contribution is 2.36. The summed E-state index contributed by atoms with van der Waals surface area (Å²) in [5.74, 6) is 0.841. The summed E-state index contributed by atoms with van der Waals surface area (Å²) in [6, 6.07) is 0. The van der Waals surface area contributed by atoms with Crippen LogP contribution in [0.2, 0.25) is 0 Å². The molecule has 4 rings (SSSR count). The number of hydrogen-bond donors (Lipinski definition) is 0. The molecule has 1 saturated carbocycles. The molecular weight excluding hydrogens is 288 g/mol. The summed E-state index contributed by atoms with van der Waals surface area (Å²) in [6.07, 6.45) is 2.64. The van der Waals surface area contributed by atoms with Gasteiger partial charge in [0.15, 0.2) is 5.82 Å². The summed E-state index contributed by atoms with van der Waals surface area (Å²) < 4.78 is 8.41. The fourth-order valence-corrected chi connectivity index (χ4v) is 3.33. The second-order valence-electron chi connectivity index (χ2n) is 6.49. The first-order chi connectivity index (χ1) is 10.5. The molecule has 0 N–H and O–H groups in total. The van der Waals surface area contributed by atoms with Crippen LogP contribution in [0.1, 0.15) is 25.1 Å². The molecule has 8 heteroatoms. The quantitative estimate of drug-likeness (QED) is 0.612. The van der Waals surface area contributed by atoms with Crippen molar-refractivity contribution in [1.82, 2.24) is 19.2 Å². The first-order valence-electron chi connectivity index (χ1n) is 7.59. The van der Waals surface area contributed by atoms with Crippen LogP contribution in [-0.4, -0.2) is 43.8 Å². The summed E-state index contributed by atoms with van der Waals surface area (Å²) >= 11 is 0. The van der Waals surface area contributed by atoms with E-state index in [-0.39, 0.29) is 18.4 Å². The van der Waals surface area contributed by atoms with Gasteiger partial charge in [0.05, 0.1) is 13.1 Å². The van der Waals surface area contributed by atoms with Crippen LogP contribution >= 0.6 is 0 Å². The van der Waals surface area contributed by atoms with Crippen LogP contribution in [0.5, 0.6) is 0 Å². The zero-order valence-corrected chi connectivity index (χ0v) is 12.4. The van der Waals surface area contributed by atoms with Crippen LogP contribution in [-0.2, 0) is 29.7 Å². The molecule has 118 valence electrons. The third-order valence-corrected chi connectivity index (χ3v) is 4.81. The lowest BCUT2D eigenvalue weighted by molar-refractivity contribution is -0.134. The van der Waals surface area contributed by atoms with Gasteiger partial charge in [-0.1, -0.05) is 0 Å². The molecule has 1 aliphatic carbocycles. The topological polar surface area (TPSA) is 86.4 Å². The van der Waals surface area contributed by atoms with Crippen LogP contribution in [0.4, 0.5) is 0 Å². The molecule has 3 aliphatic rings. The minimum Gasteiger partial charge on any atom is -0.363 e. The smallest absolute Gasteiger partial charge is 0.332 e. The molecule has 1 aromatic rings. The second kappa shape index (κ2) is 4.52. The van der Waals surface area contributed by atoms with Crippen molar-refractivity contribution in [3.8, 4) is 0 Å². The van der Waals surface area contributed by atoms with Crippen molar-refractivity contribution in [2.75, 3.05) is 13.1 Å². The number of likely N-dealkylation sites (tertiary alicyclic amines) is 1. The molecular formula is C14H18N4O4. The van der Waals surface area contributed by atoms with E-state index in [2.05, 4.69) is 5.10 Å². The molecule has 0 radical (unpaired) electrons. The van der Waals surface area contributed by atoms with Gasteiger partial charge in [0.1, 0.15) is 12.2 Å². The molecule has 8 nitrogen and oxygen atoms in total. The Balaban J connectivity index is 1.62. The standard InChI is InChI=1S/C14H18N4O4/c1-16-12(20)13(21)18-8-14(22-6-10(18)15-16)4-5-17(7-14)11(19)9-2-3-9/h9H,2-8H2,1H3/t14-/m1/s1. The zero-order chi connectivity index (χ0) is 15.5. The number of fused-ring (bicyclic) bond motifs is 1. The second-order valence-corrected chi connectivity index (χ2v) is 6.49. The van der Waals surface area contributed by atoms with Crippen molar-refractivity contribution in [2.24, 2.45) is 13.0 Å². The highest BCUT2D eigenvalue weighted by atomic mass is 16.5. The predicted molar refractivity (Wildman–Crippen MR) is 75.2 cm³/mol. The molecule has 0 bridgehead atoms. The van der Waals surface area contributed by atoms with E-state index in [4.69, 9.17) is 4.74 Å². The van der Waals surface area contributed by atoms with Crippen molar-refractivity contribution in [3.63, 3.8) is 0 Å². The van der Waals surface area contributed by atoms with Crippen molar-refractivity contribution < 1.29 is 9.53 Å². The number of hydrogen-bond acceptors (Lipinski definition) is 5. The van der Waals surface area contributed by atoms with Gasteiger partial charge in [0.25, 0.3) is 0 Å². The minimum atomic E-state index is -0.635. The van der Waals surface area contributed by atoms with E-state index in [9.17, 15) is 14.4 Å². The van der Waals surface area contributed by atoms with E-state index < -0.39 is 16.7 Å². The Hall–Kier alpha value is -1.96. The molecule has 1 spiro atoms. The first-order valence-corrected chi connectivity index (χ1v) is 7.59. The summed E-state index contributed by atoms with van der Waals surface area (Å²) in [5, 5.41) is 4.08. The highest BCUT2D eigenvalue weighted by molar-refractivity contribution is 5.81. The predicted octanol–water partition coefficient (Wildman–Crippen LogP) is -1.15. The van der Waals surface area contributed by atoms with Crippen LogP contribution in [0, 0.1) is 5.92 Å². The Morgan fingerprint density at radius 1 is 1.27 bits per heavy atom. The Morgan fingerprint density at radius 3 is 2.77 bits per heavy atom. The van der Waals surface area contributed by atoms with E-state index in [1.54, 1.807) is 0 Å². The van der Waals surface area contributed by atoms with Gasteiger partial charge in [0.2, 0.25) is 5.91 Å². The maximum absolute atomic E-state index is 12.2. The van der Waals surface area contributed by atoms with Gasteiger partial charge in [-0.15, -0.1) is 0 Å². The fourth-order valence-electron chi connectivity index (χ4n) is 3.33. The lowest BCUT2D eigenvalue weighted by atomic mass is 10.0. The van der Waals surface area contributed by atoms with Gasteiger partial charge < -0.3 is 9.64 Å². The number of rotatable bonds is 1. The minimum absolute atomic E-state index is 0.183. The number of amides is 1. The number of aromatic nitrogens is 3. The maximum atomic E-state index is 12.2. The van der Waals surface area contributed by atoms with Crippen LogP contribution < -0.4 is 11.1 Å². The highest BCUT2D eigenvalue weighted by Gasteiger charge is 2.46. The zero-order valence-electron chi connectivity index (χ0n) is 12.4. The molecule has 0 unspecified atom stereocenters. The molecule has 1 saturated heterocycles. The van der Waals surface area contributed by atoms with Crippen LogP contribution in [0.15, 0.2) is 9.59 Å². The van der Waals surface area contributed by atoms with E-state index in [0.717, 1.165) is 17.5 Å². The third-order valence-electron chi connectivity index (χ3n) is 4.81. The van der Waals surface area contributed by atoms with Gasteiger partial charge in [0, 0.05) is 19.5 Å². The Morgan fingerprint density at radius 2 is 2.05 bits per heavy atom. The molecule has 1 aromatic heterocycles. The van der Waals surface area contributed by atoms with Crippen molar-refractivity contribution in [3.05, 3.63) is 26.5 Å². The van der Waals surface area contributed by atoms with Gasteiger partial charge in [-0.05, 0) is 19.3 Å². The largest absolute Gasteiger partial charge is 0.363 e. The average molecular weight is 306 g/mol. The molecule has 0 aromatic carbocycles. The average Bonchev–Trinajstić information content (AvgIpc) is 3.28. The van der Waals surface area contributed by atoms with Gasteiger partial charge >= 0.3 is 11.1 Å². The summed E-state index contributed by atoms with van der Waals surface area (Å²) in [6.45, 7) is 1.62. The lowest BCUT2D eigenvalue weighted by Crippen LogP contribution is -2.53. The number of carbonyl (C=O) groups excluding carboxylic acids is 1. The molecule has 2 aliphatic heterocycles. The van der Waals surface area contributed by atoms with Gasteiger partial charge in [-0.3, -0.25) is 19.0 Å². The molecule has 1 amide bonds. The van der Waals surface area contributed by atoms with Crippen LogP contribution in [0.25, 0.3) is 0 Å². The maximum Gasteiger partial charge on any atom is 0.332 e. The molecule has 3 heterocycles. The normalized spacial score (nSPS) is 27.2. The fraction of sp³-hybridized carbons (Fsp3) is 0.714. The van der Waals surface area contributed by atoms with Crippen molar-refractivity contribution in [1.29, 1.82) is 0 Å². The summed E-state index contributed by atoms with van der Waals surface area (Å²) in [7, 11) is 1.46.